The molecule has 0 unspecified atom stereocenters. The van der Waals surface area contributed by atoms with Gasteiger partial charge in [-0.05, 0) is 49.5 Å². The van der Waals surface area contributed by atoms with E-state index in [9.17, 15) is 13.2 Å². The van der Waals surface area contributed by atoms with Gasteiger partial charge in [-0.1, -0.05) is 26.0 Å². The van der Waals surface area contributed by atoms with Crippen molar-refractivity contribution in [3.05, 3.63) is 29.8 Å². The molecule has 0 aliphatic carbocycles. The van der Waals surface area contributed by atoms with E-state index in [1.54, 1.807) is 12.1 Å². The molecule has 0 aromatic heterocycles. The van der Waals surface area contributed by atoms with Crippen LogP contribution in [-0.4, -0.2) is 19.5 Å². The molecule has 2 rings (SSSR count). The van der Waals surface area contributed by atoms with E-state index in [0.29, 0.717) is 5.92 Å². The number of hydrogen-bond acceptors (Lipinski definition) is 2. The summed E-state index contributed by atoms with van der Waals surface area (Å²) in [5, 5.41) is 3.25. The average molecular weight is 275 g/mol. The third kappa shape index (κ3) is 5.51. The smallest absolute Gasteiger partial charge is 0.406 e. The zero-order chi connectivity index (χ0) is 14.3. The van der Waals surface area contributed by atoms with Crippen LogP contribution in [0.4, 0.5) is 13.2 Å². The molecule has 1 aliphatic heterocycles. The highest BCUT2D eigenvalue weighted by molar-refractivity contribution is 5.29. The number of halogens is 3. The van der Waals surface area contributed by atoms with Gasteiger partial charge in [-0.25, -0.2) is 0 Å². The molecule has 0 bridgehead atoms. The number of benzene rings is 1. The van der Waals surface area contributed by atoms with E-state index in [1.807, 2.05) is 13.8 Å². The Morgan fingerprint density at radius 2 is 1.58 bits per heavy atom. The van der Waals surface area contributed by atoms with Crippen LogP contribution in [0.15, 0.2) is 24.3 Å². The summed E-state index contributed by atoms with van der Waals surface area (Å²) in [6.07, 6.45) is -2.56. The number of hydrogen-bond donors (Lipinski definition) is 1. The van der Waals surface area contributed by atoms with E-state index < -0.39 is 6.36 Å². The zero-order valence-electron chi connectivity index (χ0n) is 11.3. The van der Waals surface area contributed by atoms with E-state index >= 15 is 0 Å². The second-order valence-electron chi connectivity index (χ2n) is 4.14. The minimum atomic E-state index is -4.61. The number of alkyl halides is 3. The molecule has 1 saturated heterocycles. The molecular weight excluding hydrogens is 255 g/mol. The number of nitrogens with one attached hydrogen (secondary N) is 1. The van der Waals surface area contributed by atoms with Crippen LogP contribution in [0, 0.1) is 0 Å². The molecule has 2 nitrogen and oxygen atoms in total. The monoisotopic (exact) mass is 275 g/mol. The summed E-state index contributed by atoms with van der Waals surface area (Å²) < 4.78 is 39.7. The van der Waals surface area contributed by atoms with Gasteiger partial charge in [0, 0.05) is 0 Å². The number of piperidine rings is 1. The molecule has 5 heteroatoms. The Bertz CT molecular complexity index is 356. The van der Waals surface area contributed by atoms with Crippen LogP contribution in [0.1, 0.15) is 38.2 Å². The summed E-state index contributed by atoms with van der Waals surface area (Å²) in [7, 11) is 0. The van der Waals surface area contributed by atoms with Crippen molar-refractivity contribution in [3.8, 4) is 5.75 Å². The van der Waals surface area contributed by atoms with Gasteiger partial charge in [0.2, 0.25) is 0 Å². The molecule has 1 aromatic carbocycles. The van der Waals surface area contributed by atoms with Crippen molar-refractivity contribution in [2.45, 2.75) is 39.0 Å². The molecule has 0 saturated carbocycles. The molecule has 1 N–H and O–H groups in total. The maximum absolute atomic E-state index is 12.0. The molecule has 0 atom stereocenters. The first-order valence-corrected chi connectivity index (χ1v) is 6.61. The molecule has 0 radical (unpaired) electrons. The highest BCUT2D eigenvalue weighted by atomic mass is 19.4. The summed E-state index contributed by atoms with van der Waals surface area (Å²) >= 11 is 0. The molecule has 1 aromatic rings. The Balaban J connectivity index is 0.000000861. The van der Waals surface area contributed by atoms with Crippen molar-refractivity contribution in [3.63, 3.8) is 0 Å². The van der Waals surface area contributed by atoms with Crippen LogP contribution in [0.5, 0.6) is 5.75 Å². The summed E-state index contributed by atoms with van der Waals surface area (Å²) in [5.74, 6) is 0.284. The van der Waals surface area contributed by atoms with Gasteiger partial charge in [-0.15, -0.1) is 13.2 Å². The predicted molar refractivity (Wildman–Crippen MR) is 69.3 cm³/mol. The average Bonchev–Trinajstić information content (AvgIpc) is 2.41. The molecule has 108 valence electrons. The zero-order valence-corrected chi connectivity index (χ0v) is 11.3. The van der Waals surface area contributed by atoms with E-state index in [-0.39, 0.29) is 5.75 Å². The SMILES string of the molecule is CC.FC(F)(F)Oc1ccc(C2CCNCC2)cc1. The minimum absolute atomic E-state index is 0.157. The molecule has 1 heterocycles. The molecular formula is C14H20F3NO. The first kappa shape index (κ1) is 15.8. The Morgan fingerprint density at radius 1 is 1.05 bits per heavy atom. The molecule has 0 spiro atoms. The second-order valence-corrected chi connectivity index (χ2v) is 4.14. The lowest BCUT2D eigenvalue weighted by molar-refractivity contribution is -0.274. The van der Waals surface area contributed by atoms with E-state index in [1.165, 1.54) is 12.1 Å². The quantitative estimate of drug-likeness (QED) is 0.878. The maximum Gasteiger partial charge on any atom is 0.573 e. The highest BCUT2D eigenvalue weighted by Gasteiger charge is 2.31. The van der Waals surface area contributed by atoms with Crippen molar-refractivity contribution in [1.82, 2.24) is 5.32 Å². The fourth-order valence-electron chi connectivity index (χ4n) is 2.10. The highest BCUT2D eigenvalue weighted by Crippen LogP contribution is 2.28. The normalized spacial score (nSPS) is 16.5. The lowest BCUT2D eigenvalue weighted by Crippen LogP contribution is -2.26. The Labute approximate surface area is 112 Å². The van der Waals surface area contributed by atoms with Crippen LogP contribution in [-0.2, 0) is 0 Å². The van der Waals surface area contributed by atoms with Crippen molar-refractivity contribution in [1.29, 1.82) is 0 Å². The van der Waals surface area contributed by atoms with Gasteiger partial charge in [0.05, 0.1) is 0 Å². The number of rotatable bonds is 2. The molecule has 0 amide bonds. The van der Waals surface area contributed by atoms with Gasteiger partial charge < -0.3 is 10.1 Å². The lowest BCUT2D eigenvalue weighted by atomic mass is 9.90. The van der Waals surface area contributed by atoms with Crippen molar-refractivity contribution < 1.29 is 17.9 Å². The summed E-state index contributed by atoms with van der Waals surface area (Å²) in [5.41, 5.74) is 1.08. The van der Waals surface area contributed by atoms with Gasteiger partial charge in [-0.3, -0.25) is 0 Å². The van der Waals surface area contributed by atoms with Gasteiger partial charge in [0.1, 0.15) is 5.75 Å². The van der Waals surface area contributed by atoms with Gasteiger partial charge >= 0.3 is 6.36 Å². The van der Waals surface area contributed by atoms with Gasteiger partial charge in [0.25, 0.3) is 0 Å². The fraction of sp³-hybridized carbons (Fsp3) is 0.571. The first-order chi connectivity index (χ1) is 9.04. The summed E-state index contributed by atoms with van der Waals surface area (Å²) in [6, 6.07) is 6.20. The molecule has 1 aliphatic rings. The standard InChI is InChI=1S/C12H14F3NO.C2H6/c13-12(14,15)17-11-3-1-9(2-4-11)10-5-7-16-8-6-10;1-2/h1-4,10,16H,5-8H2;1-2H3. The maximum atomic E-state index is 12.0. The molecule has 19 heavy (non-hydrogen) atoms. The fourth-order valence-corrected chi connectivity index (χ4v) is 2.10. The Hall–Kier alpha value is -1.23. The van der Waals surface area contributed by atoms with Gasteiger partial charge in [-0.2, -0.15) is 0 Å². The van der Waals surface area contributed by atoms with Crippen molar-refractivity contribution >= 4 is 0 Å². The van der Waals surface area contributed by atoms with E-state index in [0.717, 1.165) is 31.5 Å². The minimum Gasteiger partial charge on any atom is -0.406 e. The third-order valence-electron chi connectivity index (χ3n) is 2.92. The largest absolute Gasteiger partial charge is 0.573 e. The Kier molecular flexibility index (Phi) is 6.15. The van der Waals surface area contributed by atoms with Crippen LogP contribution < -0.4 is 10.1 Å². The topological polar surface area (TPSA) is 21.3 Å². The van der Waals surface area contributed by atoms with E-state index in [4.69, 9.17) is 0 Å². The second kappa shape index (κ2) is 7.38. The lowest BCUT2D eigenvalue weighted by Gasteiger charge is -2.23. The van der Waals surface area contributed by atoms with Crippen LogP contribution in [0.2, 0.25) is 0 Å². The molecule has 1 fully saturated rings. The van der Waals surface area contributed by atoms with Crippen LogP contribution in [0.3, 0.4) is 0 Å². The van der Waals surface area contributed by atoms with Crippen molar-refractivity contribution in [2.24, 2.45) is 0 Å². The van der Waals surface area contributed by atoms with Gasteiger partial charge in [0.15, 0.2) is 0 Å². The predicted octanol–water partition coefficient (Wildman–Crippen LogP) is 4.08. The first-order valence-electron chi connectivity index (χ1n) is 6.61. The summed E-state index contributed by atoms with van der Waals surface area (Å²) in [4.78, 5) is 0. The van der Waals surface area contributed by atoms with Crippen LogP contribution >= 0.6 is 0 Å². The third-order valence-corrected chi connectivity index (χ3v) is 2.92. The van der Waals surface area contributed by atoms with Crippen molar-refractivity contribution in [2.75, 3.05) is 13.1 Å². The van der Waals surface area contributed by atoms with Crippen LogP contribution in [0.25, 0.3) is 0 Å². The Morgan fingerprint density at radius 3 is 2.05 bits per heavy atom. The van der Waals surface area contributed by atoms with E-state index in [2.05, 4.69) is 10.1 Å². The number of ether oxygens (including phenoxy) is 1. The summed E-state index contributed by atoms with van der Waals surface area (Å²) in [6.45, 7) is 5.93.